The highest BCUT2D eigenvalue weighted by Crippen LogP contribution is 2.27. The minimum atomic E-state index is -0.986. The number of hydrogen-bond acceptors (Lipinski definition) is 7. The van der Waals surface area contributed by atoms with Crippen molar-refractivity contribution in [2.24, 2.45) is 11.8 Å². The fraction of sp³-hybridized carbons (Fsp3) is 0.344. The molecule has 1 saturated heterocycles. The summed E-state index contributed by atoms with van der Waals surface area (Å²) in [4.78, 5) is 60.9. The van der Waals surface area contributed by atoms with E-state index in [1.807, 2.05) is 56.3 Å². The molecule has 1 fully saturated rings. The number of thiazole rings is 1. The van der Waals surface area contributed by atoms with E-state index < -0.39 is 29.8 Å². The highest BCUT2D eigenvalue weighted by molar-refractivity contribution is 7.12. The van der Waals surface area contributed by atoms with Gasteiger partial charge in [0.1, 0.15) is 17.5 Å². The first-order valence-electron chi connectivity index (χ1n) is 14.3. The number of rotatable bonds is 12. The van der Waals surface area contributed by atoms with Crippen molar-refractivity contribution in [1.29, 1.82) is 0 Å². The average Bonchev–Trinajstić information content (AvgIpc) is 3.76. The van der Waals surface area contributed by atoms with Gasteiger partial charge in [-0.1, -0.05) is 50.2 Å². The molecule has 43 heavy (non-hydrogen) atoms. The maximum Gasteiger partial charge on any atom is 0.268 e. The number of benzene rings is 2. The molecule has 1 aliphatic rings. The van der Waals surface area contributed by atoms with Crippen LogP contribution in [0.1, 0.15) is 53.4 Å². The minimum absolute atomic E-state index is 0.0704. The van der Waals surface area contributed by atoms with E-state index in [1.54, 1.807) is 24.6 Å². The van der Waals surface area contributed by atoms with Gasteiger partial charge in [0.2, 0.25) is 17.6 Å². The molecule has 11 heteroatoms. The summed E-state index contributed by atoms with van der Waals surface area (Å²) in [5.41, 5.74) is 2.56. The van der Waals surface area contributed by atoms with E-state index in [1.165, 1.54) is 11.3 Å². The molecule has 2 aromatic heterocycles. The normalized spacial score (nSPS) is 16.1. The fourth-order valence-corrected chi connectivity index (χ4v) is 6.12. The lowest BCUT2D eigenvalue weighted by molar-refractivity contribution is -0.125. The monoisotopic (exact) mass is 601 g/mol. The first-order valence-corrected chi connectivity index (χ1v) is 15.2. The first-order chi connectivity index (χ1) is 20.7. The maximum absolute atomic E-state index is 13.8. The molecule has 0 aliphatic carbocycles. The zero-order valence-electron chi connectivity index (χ0n) is 24.3. The van der Waals surface area contributed by atoms with E-state index in [0.29, 0.717) is 30.8 Å². The molecular formula is C32H35N5O5S. The lowest BCUT2D eigenvalue weighted by atomic mass is 9.95. The number of Topliss-reactive ketones (excluding diaryl/α,β-unsaturated/α-hetero) is 1. The molecule has 2 aromatic carbocycles. The topological polar surface area (TPSA) is 142 Å². The predicted molar refractivity (Wildman–Crippen MR) is 165 cm³/mol. The highest BCUT2D eigenvalue weighted by Gasteiger charge is 2.35. The molecule has 4 aromatic rings. The Hall–Kier alpha value is -4.51. The Morgan fingerprint density at radius 3 is 2.56 bits per heavy atom. The quantitative estimate of drug-likeness (QED) is 0.178. The number of nitrogens with zero attached hydrogens (tertiary/aromatic N) is 1. The van der Waals surface area contributed by atoms with Gasteiger partial charge >= 0.3 is 0 Å². The van der Waals surface area contributed by atoms with Crippen molar-refractivity contribution in [2.75, 3.05) is 13.7 Å². The Labute approximate surface area is 253 Å². The molecule has 224 valence electrons. The van der Waals surface area contributed by atoms with Crippen LogP contribution < -0.4 is 20.7 Å². The Bertz CT molecular complexity index is 1630. The summed E-state index contributed by atoms with van der Waals surface area (Å²) in [7, 11) is 1.56. The Kier molecular flexibility index (Phi) is 9.20. The predicted octanol–water partition coefficient (Wildman–Crippen LogP) is 4.34. The van der Waals surface area contributed by atoms with Crippen LogP contribution >= 0.6 is 11.3 Å². The molecule has 0 unspecified atom stereocenters. The largest absolute Gasteiger partial charge is 0.496 e. The summed E-state index contributed by atoms with van der Waals surface area (Å²) in [5.74, 6) is -1.17. The van der Waals surface area contributed by atoms with Gasteiger partial charge in [-0.05, 0) is 43.4 Å². The number of ether oxygens (including phenoxy) is 1. The van der Waals surface area contributed by atoms with E-state index >= 15 is 0 Å². The second-order valence-electron chi connectivity index (χ2n) is 11.1. The van der Waals surface area contributed by atoms with Crippen LogP contribution in [0.4, 0.5) is 0 Å². The molecule has 5 rings (SSSR count). The number of amides is 3. The third-order valence-corrected chi connectivity index (χ3v) is 8.37. The number of hydrogen-bond donors (Lipinski definition) is 4. The van der Waals surface area contributed by atoms with Crippen molar-refractivity contribution in [2.45, 2.75) is 45.2 Å². The Morgan fingerprint density at radius 1 is 1.07 bits per heavy atom. The molecule has 3 heterocycles. The molecule has 10 nitrogen and oxygen atoms in total. The number of H-pyrrole nitrogens is 1. The van der Waals surface area contributed by atoms with E-state index in [-0.39, 0.29) is 34.7 Å². The van der Waals surface area contributed by atoms with Crippen LogP contribution in [0.25, 0.3) is 22.2 Å². The van der Waals surface area contributed by atoms with Gasteiger partial charge in [0.25, 0.3) is 5.91 Å². The first kappa shape index (κ1) is 30.0. The van der Waals surface area contributed by atoms with Crippen LogP contribution in [0, 0.1) is 11.8 Å². The SMILES string of the molecule is COc1cccc2[nH]c(C(=O)N[C@@H](CC(C)C)C(=O)N[C@@H](C[C@@H]3CCNC3=O)C(=O)c3nc(-c4ccccc4)cs3)cc12. The summed E-state index contributed by atoms with van der Waals surface area (Å²) >= 11 is 1.20. The smallest absolute Gasteiger partial charge is 0.268 e. The second kappa shape index (κ2) is 13.2. The van der Waals surface area contributed by atoms with Gasteiger partial charge in [0, 0.05) is 34.3 Å². The van der Waals surface area contributed by atoms with Crippen molar-refractivity contribution < 1.29 is 23.9 Å². The number of aromatic nitrogens is 2. The lowest BCUT2D eigenvalue weighted by Crippen LogP contribution is -2.52. The highest BCUT2D eigenvalue weighted by atomic mass is 32.1. The second-order valence-corrected chi connectivity index (χ2v) is 12.0. The van der Waals surface area contributed by atoms with Crippen LogP contribution in [0.15, 0.2) is 60.0 Å². The Balaban J connectivity index is 1.36. The zero-order valence-corrected chi connectivity index (χ0v) is 25.1. The molecule has 3 atom stereocenters. The average molecular weight is 602 g/mol. The van der Waals surface area contributed by atoms with Gasteiger partial charge in [-0.3, -0.25) is 19.2 Å². The summed E-state index contributed by atoms with van der Waals surface area (Å²) < 4.78 is 5.40. The Morgan fingerprint density at radius 2 is 1.86 bits per heavy atom. The molecule has 0 bridgehead atoms. The molecule has 4 N–H and O–H groups in total. The minimum Gasteiger partial charge on any atom is -0.496 e. The molecule has 3 amide bonds. The summed E-state index contributed by atoms with van der Waals surface area (Å²) in [6, 6.07) is 14.8. The van der Waals surface area contributed by atoms with E-state index in [2.05, 4.69) is 25.9 Å². The van der Waals surface area contributed by atoms with Crippen molar-refractivity contribution in [1.82, 2.24) is 25.9 Å². The molecule has 1 aliphatic heterocycles. The molecule has 0 spiro atoms. The van der Waals surface area contributed by atoms with E-state index in [0.717, 1.165) is 16.5 Å². The zero-order chi connectivity index (χ0) is 30.5. The number of fused-ring (bicyclic) bond motifs is 1. The van der Waals surface area contributed by atoms with E-state index in [4.69, 9.17) is 4.74 Å². The third-order valence-electron chi connectivity index (χ3n) is 7.52. The summed E-state index contributed by atoms with van der Waals surface area (Å²) in [6.45, 7) is 4.42. The van der Waals surface area contributed by atoms with Gasteiger partial charge in [0.15, 0.2) is 5.01 Å². The van der Waals surface area contributed by atoms with Crippen LogP contribution in [0.3, 0.4) is 0 Å². The number of methoxy groups -OCH3 is 1. The number of nitrogens with one attached hydrogen (secondary N) is 4. The molecular weight excluding hydrogens is 566 g/mol. The van der Waals surface area contributed by atoms with Crippen LogP contribution in [-0.4, -0.2) is 59.2 Å². The number of carbonyl (C=O) groups is 4. The maximum atomic E-state index is 13.8. The number of aromatic amines is 1. The van der Waals surface area contributed by atoms with Crippen molar-refractivity contribution >= 4 is 45.7 Å². The van der Waals surface area contributed by atoms with E-state index in [9.17, 15) is 19.2 Å². The number of ketones is 1. The van der Waals surface area contributed by atoms with Crippen LogP contribution in [-0.2, 0) is 9.59 Å². The van der Waals surface area contributed by atoms with Gasteiger partial charge in [0.05, 0.1) is 18.8 Å². The van der Waals surface area contributed by atoms with Crippen molar-refractivity contribution in [3.8, 4) is 17.0 Å². The van der Waals surface area contributed by atoms with Crippen LogP contribution in [0.5, 0.6) is 5.75 Å². The van der Waals surface area contributed by atoms with Gasteiger partial charge in [-0.15, -0.1) is 11.3 Å². The van der Waals surface area contributed by atoms with Crippen LogP contribution in [0.2, 0.25) is 0 Å². The number of carbonyl (C=O) groups excluding carboxylic acids is 4. The van der Waals surface area contributed by atoms with Crippen molar-refractivity contribution in [3.63, 3.8) is 0 Å². The fourth-order valence-electron chi connectivity index (χ4n) is 5.30. The lowest BCUT2D eigenvalue weighted by Gasteiger charge is -2.24. The van der Waals surface area contributed by atoms with Gasteiger partial charge in [-0.25, -0.2) is 4.98 Å². The third kappa shape index (κ3) is 6.94. The van der Waals surface area contributed by atoms with Crippen molar-refractivity contribution in [3.05, 3.63) is 70.7 Å². The molecule has 0 saturated carbocycles. The standard InChI is InChI=1S/C32H35N5O5S/c1-18(2)14-24(36-31(41)25-16-21-22(34-25)10-7-11-27(21)42-3)30(40)35-23(15-20-12-13-33-29(20)39)28(38)32-37-26(17-43-32)19-8-5-4-6-9-19/h4-11,16-18,20,23-24,34H,12-15H2,1-3H3,(H,33,39)(H,35,40)(H,36,41)/t20-,23-,24-/m0/s1. The van der Waals surface area contributed by atoms with Gasteiger partial charge in [-0.2, -0.15) is 0 Å². The summed E-state index contributed by atoms with van der Waals surface area (Å²) in [5, 5.41) is 11.3. The summed E-state index contributed by atoms with van der Waals surface area (Å²) in [6.07, 6.45) is 1.06. The molecule has 0 radical (unpaired) electrons. The van der Waals surface area contributed by atoms with Gasteiger partial charge < -0.3 is 25.7 Å².